The third kappa shape index (κ3) is 1.10. The molecule has 1 aromatic rings. The van der Waals surface area contributed by atoms with Crippen LogP contribution in [0.2, 0.25) is 0 Å². The molecule has 0 aromatic carbocycles. The molecule has 1 aromatic heterocycles. The van der Waals surface area contributed by atoms with Gasteiger partial charge in [-0.2, -0.15) is 5.10 Å². The number of aryl methyl sites for hydroxylation is 1. The molecule has 0 radical (unpaired) electrons. The van der Waals surface area contributed by atoms with E-state index in [4.69, 9.17) is 5.73 Å². The van der Waals surface area contributed by atoms with E-state index in [0.717, 1.165) is 5.69 Å². The SMILES string of the molecule is C[C@@H](N)c1ccnn1C. The van der Waals surface area contributed by atoms with Crippen molar-refractivity contribution in [1.82, 2.24) is 9.78 Å². The summed E-state index contributed by atoms with van der Waals surface area (Å²) in [5.74, 6) is 0. The molecule has 1 rings (SSSR count). The van der Waals surface area contributed by atoms with Crippen molar-refractivity contribution >= 4 is 0 Å². The molecular weight excluding hydrogens is 114 g/mol. The first kappa shape index (κ1) is 6.29. The Hall–Kier alpha value is -0.830. The molecule has 3 nitrogen and oxygen atoms in total. The summed E-state index contributed by atoms with van der Waals surface area (Å²) in [7, 11) is 1.89. The Balaban J connectivity index is 2.94. The van der Waals surface area contributed by atoms with Crippen molar-refractivity contribution in [3.05, 3.63) is 18.0 Å². The van der Waals surface area contributed by atoms with Gasteiger partial charge in [0.1, 0.15) is 0 Å². The third-order valence-corrected chi connectivity index (χ3v) is 1.33. The van der Waals surface area contributed by atoms with Gasteiger partial charge in [0, 0.05) is 19.3 Å². The van der Waals surface area contributed by atoms with Gasteiger partial charge in [0.15, 0.2) is 0 Å². The zero-order valence-corrected chi connectivity index (χ0v) is 5.70. The molecule has 3 heteroatoms. The minimum absolute atomic E-state index is 0.0810. The minimum atomic E-state index is 0.0810. The van der Waals surface area contributed by atoms with E-state index >= 15 is 0 Å². The largest absolute Gasteiger partial charge is 0.323 e. The Morgan fingerprint density at radius 2 is 2.44 bits per heavy atom. The quantitative estimate of drug-likeness (QED) is 0.591. The van der Waals surface area contributed by atoms with Crippen LogP contribution in [-0.2, 0) is 7.05 Å². The lowest BCUT2D eigenvalue weighted by atomic mass is 10.2. The molecule has 9 heavy (non-hydrogen) atoms. The maximum Gasteiger partial charge on any atom is 0.0545 e. The zero-order valence-electron chi connectivity index (χ0n) is 5.70. The van der Waals surface area contributed by atoms with Crippen LogP contribution in [0, 0.1) is 0 Å². The monoisotopic (exact) mass is 125 g/mol. The predicted molar refractivity (Wildman–Crippen MR) is 35.8 cm³/mol. The second-order valence-corrected chi connectivity index (χ2v) is 2.17. The van der Waals surface area contributed by atoms with Crippen LogP contribution in [0.25, 0.3) is 0 Å². The fourth-order valence-corrected chi connectivity index (χ4v) is 0.831. The molecular formula is C6H11N3. The highest BCUT2D eigenvalue weighted by Gasteiger charge is 2.01. The zero-order chi connectivity index (χ0) is 6.85. The van der Waals surface area contributed by atoms with E-state index in [2.05, 4.69) is 5.10 Å². The van der Waals surface area contributed by atoms with Crippen molar-refractivity contribution < 1.29 is 0 Å². The van der Waals surface area contributed by atoms with Crippen LogP contribution in [-0.4, -0.2) is 9.78 Å². The van der Waals surface area contributed by atoms with Crippen molar-refractivity contribution in [2.75, 3.05) is 0 Å². The van der Waals surface area contributed by atoms with Gasteiger partial charge < -0.3 is 5.73 Å². The lowest BCUT2D eigenvalue weighted by Crippen LogP contribution is -2.10. The number of hydrogen-bond acceptors (Lipinski definition) is 2. The Morgan fingerprint density at radius 1 is 1.78 bits per heavy atom. The van der Waals surface area contributed by atoms with E-state index in [-0.39, 0.29) is 6.04 Å². The van der Waals surface area contributed by atoms with Crippen LogP contribution < -0.4 is 5.73 Å². The van der Waals surface area contributed by atoms with Crippen molar-refractivity contribution in [2.24, 2.45) is 12.8 Å². The van der Waals surface area contributed by atoms with Gasteiger partial charge in [-0.3, -0.25) is 4.68 Å². The van der Waals surface area contributed by atoms with Gasteiger partial charge in [0.25, 0.3) is 0 Å². The molecule has 0 aliphatic rings. The molecule has 0 spiro atoms. The molecule has 0 fully saturated rings. The molecule has 0 aliphatic heterocycles. The predicted octanol–water partition coefficient (Wildman–Crippen LogP) is 0.440. The molecule has 0 unspecified atom stereocenters. The first-order valence-electron chi connectivity index (χ1n) is 2.95. The summed E-state index contributed by atoms with van der Waals surface area (Å²) >= 11 is 0. The van der Waals surface area contributed by atoms with Crippen LogP contribution in [0.1, 0.15) is 18.7 Å². The maximum atomic E-state index is 5.60. The van der Waals surface area contributed by atoms with Crippen LogP contribution in [0.4, 0.5) is 0 Å². The Morgan fingerprint density at radius 3 is 2.67 bits per heavy atom. The van der Waals surface area contributed by atoms with Crippen molar-refractivity contribution in [3.8, 4) is 0 Å². The summed E-state index contributed by atoms with van der Waals surface area (Å²) in [6, 6.07) is 2.00. The number of hydrogen-bond donors (Lipinski definition) is 1. The minimum Gasteiger partial charge on any atom is -0.323 e. The summed E-state index contributed by atoms with van der Waals surface area (Å²) < 4.78 is 1.78. The Kier molecular flexibility index (Phi) is 1.53. The fraction of sp³-hybridized carbons (Fsp3) is 0.500. The van der Waals surface area contributed by atoms with E-state index in [1.165, 1.54) is 0 Å². The molecule has 1 atom stereocenters. The summed E-state index contributed by atoms with van der Waals surface area (Å²) in [5.41, 5.74) is 6.66. The molecule has 0 saturated carbocycles. The summed E-state index contributed by atoms with van der Waals surface area (Å²) in [6.45, 7) is 1.94. The lowest BCUT2D eigenvalue weighted by Gasteiger charge is -2.03. The van der Waals surface area contributed by atoms with Crippen molar-refractivity contribution in [1.29, 1.82) is 0 Å². The highest BCUT2D eigenvalue weighted by molar-refractivity contribution is 5.03. The molecule has 0 aliphatic carbocycles. The molecule has 0 bridgehead atoms. The van der Waals surface area contributed by atoms with Gasteiger partial charge in [-0.05, 0) is 13.0 Å². The van der Waals surface area contributed by atoms with Gasteiger partial charge >= 0.3 is 0 Å². The molecule has 50 valence electrons. The van der Waals surface area contributed by atoms with Gasteiger partial charge in [-0.15, -0.1) is 0 Å². The van der Waals surface area contributed by atoms with E-state index in [0.29, 0.717) is 0 Å². The average molecular weight is 125 g/mol. The second kappa shape index (κ2) is 2.19. The second-order valence-electron chi connectivity index (χ2n) is 2.17. The van der Waals surface area contributed by atoms with E-state index < -0.39 is 0 Å². The van der Waals surface area contributed by atoms with Crippen molar-refractivity contribution in [3.63, 3.8) is 0 Å². The Bertz CT molecular complexity index is 190. The summed E-state index contributed by atoms with van der Waals surface area (Å²) in [6.07, 6.45) is 1.75. The van der Waals surface area contributed by atoms with Gasteiger partial charge in [0.2, 0.25) is 0 Å². The summed E-state index contributed by atoms with van der Waals surface area (Å²) in [4.78, 5) is 0. The highest BCUT2D eigenvalue weighted by atomic mass is 15.3. The number of rotatable bonds is 1. The topological polar surface area (TPSA) is 43.8 Å². The van der Waals surface area contributed by atoms with E-state index in [1.54, 1.807) is 10.9 Å². The number of nitrogens with zero attached hydrogens (tertiary/aromatic N) is 2. The first-order valence-corrected chi connectivity index (χ1v) is 2.95. The fourth-order valence-electron chi connectivity index (χ4n) is 0.831. The van der Waals surface area contributed by atoms with Crippen LogP contribution in [0.3, 0.4) is 0 Å². The van der Waals surface area contributed by atoms with E-state index in [9.17, 15) is 0 Å². The highest BCUT2D eigenvalue weighted by Crippen LogP contribution is 2.05. The number of aromatic nitrogens is 2. The Labute approximate surface area is 54.5 Å². The summed E-state index contributed by atoms with van der Waals surface area (Å²) in [5, 5.41) is 3.97. The molecule has 2 N–H and O–H groups in total. The van der Waals surface area contributed by atoms with Crippen molar-refractivity contribution in [2.45, 2.75) is 13.0 Å². The van der Waals surface area contributed by atoms with Crippen LogP contribution in [0.15, 0.2) is 12.3 Å². The molecule has 0 amide bonds. The molecule has 0 saturated heterocycles. The standard InChI is InChI=1S/C6H11N3/c1-5(7)6-3-4-8-9(6)2/h3-5H,7H2,1-2H3/t5-/m1/s1. The normalized spacial score (nSPS) is 13.7. The van der Waals surface area contributed by atoms with E-state index in [1.807, 2.05) is 20.0 Å². The smallest absolute Gasteiger partial charge is 0.0545 e. The number of nitrogens with two attached hydrogens (primary N) is 1. The van der Waals surface area contributed by atoms with Gasteiger partial charge in [-0.1, -0.05) is 0 Å². The average Bonchev–Trinajstić information content (AvgIpc) is 2.13. The lowest BCUT2D eigenvalue weighted by molar-refractivity contribution is 0.654. The third-order valence-electron chi connectivity index (χ3n) is 1.33. The molecule has 1 heterocycles. The van der Waals surface area contributed by atoms with Crippen LogP contribution >= 0.6 is 0 Å². The van der Waals surface area contributed by atoms with Crippen LogP contribution in [0.5, 0.6) is 0 Å². The van der Waals surface area contributed by atoms with Gasteiger partial charge in [-0.25, -0.2) is 0 Å². The van der Waals surface area contributed by atoms with Gasteiger partial charge in [0.05, 0.1) is 5.69 Å². The maximum absolute atomic E-state index is 5.60. The first-order chi connectivity index (χ1) is 4.22.